The maximum absolute atomic E-state index is 9.42. The Balaban J connectivity index is 2.94. The van der Waals surface area contributed by atoms with Crippen molar-refractivity contribution < 1.29 is 5.11 Å². The summed E-state index contributed by atoms with van der Waals surface area (Å²) in [5.41, 5.74) is 1.86. The van der Waals surface area contributed by atoms with Gasteiger partial charge < -0.3 is 5.11 Å². The normalized spacial score (nSPS) is 10.8. The molecule has 0 fully saturated rings. The van der Waals surface area contributed by atoms with E-state index in [2.05, 4.69) is 0 Å². The van der Waals surface area contributed by atoms with Crippen molar-refractivity contribution in [2.75, 3.05) is 5.88 Å². The third-order valence-corrected chi connectivity index (χ3v) is 1.75. The van der Waals surface area contributed by atoms with Gasteiger partial charge in [-0.3, -0.25) is 0 Å². The first-order valence-corrected chi connectivity index (χ1v) is 4.29. The lowest BCUT2D eigenvalue weighted by Gasteiger charge is -1.99. The van der Waals surface area contributed by atoms with Crippen molar-refractivity contribution in [2.24, 2.45) is 0 Å². The minimum Gasteiger partial charge on any atom is -0.507 e. The Morgan fingerprint density at radius 1 is 1.50 bits per heavy atom. The molecule has 1 nitrogen and oxygen atoms in total. The first-order valence-electron chi connectivity index (χ1n) is 3.76. The topological polar surface area (TPSA) is 20.2 Å². The van der Waals surface area contributed by atoms with E-state index in [1.54, 1.807) is 12.1 Å². The van der Waals surface area contributed by atoms with Gasteiger partial charge in [0.1, 0.15) is 5.75 Å². The summed E-state index contributed by atoms with van der Waals surface area (Å²) in [4.78, 5) is 0. The van der Waals surface area contributed by atoms with E-state index >= 15 is 0 Å². The quantitative estimate of drug-likeness (QED) is 0.698. The number of aryl methyl sites for hydroxylation is 1. The highest BCUT2D eigenvalue weighted by Gasteiger charge is 1.95. The van der Waals surface area contributed by atoms with Gasteiger partial charge in [0.2, 0.25) is 0 Å². The van der Waals surface area contributed by atoms with Gasteiger partial charge in [0, 0.05) is 11.4 Å². The van der Waals surface area contributed by atoms with Crippen LogP contribution in [0.2, 0.25) is 0 Å². The maximum Gasteiger partial charge on any atom is 0.123 e. The molecule has 0 unspecified atom stereocenters. The molecular formula is C10H11ClO. The van der Waals surface area contributed by atoms with Gasteiger partial charge in [-0.15, -0.1) is 11.6 Å². The molecule has 0 atom stereocenters. The molecule has 0 aliphatic heterocycles. The summed E-state index contributed by atoms with van der Waals surface area (Å²) in [6.45, 7) is 1.94. The number of alkyl halides is 1. The van der Waals surface area contributed by atoms with E-state index in [4.69, 9.17) is 11.6 Å². The minimum atomic E-state index is 0.302. The second kappa shape index (κ2) is 4.17. The van der Waals surface area contributed by atoms with Crippen LogP contribution in [0.25, 0.3) is 6.08 Å². The van der Waals surface area contributed by atoms with Gasteiger partial charge in [0.15, 0.2) is 0 Å². The number of halogens is 1. The number of hydrogen-bond donors (Lipinski definition) is 1. The Morgan fingerprint density at radius 3 is 2.83 bits per heavy atom. The molecule has 0 saturated heterocycles. The monoisotopic (exact) mass is 182 g/mol. The van der Waals surface area contributed by atoms with Gasteiger partial charge in [-0.25, -0.2) is 0 Å². The summed E-state index contributed by atoms with van der Waals surface area (Å²) in [6.07, 6.45) is 3.60. The van der Waals surface area contributed by atoms with Gasteiger partial charge in [0.05, 0.1) is 0 Å². The Hall–Kier alpha value is -0.950. The second-order valence-electron chi connectivity index (χ2n) is 2.62. The van der Waals surface area contributed by atoms with Gasteiger partial charge in [-0.2, -0.15) is 0 Å². The fraction of sp³-hybridized carbons (Fsp3) is 0.200. The van der Waals surface area contributed by atoms with E-state index in [0.29, 0.717) is 11.6 Å². The highest BCUT2D eigenvalue weighted by molar-refractivity contribution is 6.19. The number of phenols is 1. The second-order valence-corrected chi connectivity index (χ2v) is 2.93. The van der Waals surface area contributed by atoms with Crippen LogP contribution in [0.3, 0.4) is 0 Å². The molecule has 64 valence electrons. The lowest BCUT2D eigenvalue weighted by atomic mass is 10.1. The summed E-state index contributed by atoms with van der Waals surface area (Å²) >= 11 is 5.47. The molecule has 0 aliphatic rings. The first-order chi connectivity index (χ1) is 5.74. The van der Waals surface area contributed by atoms with E-state index in [0.717, 1.165) is 11.1 Å². The molecule has 0 spiro atoms. The zero-order valence-electron chi connectivity index (χ0n) is 6.92. The highest BCUT2D eigenvalue weighted by Crippen LogP contribution is 2.19. The molecule has 12 heavy (non-hydrogen) atoms. The van der Waals surface area contributed by atoms with Crippen molar-refractivity contribution in [1.29, 1.82) is 0 Å². The number of benzene rings is 1. The first kappa shape index (κ1) is 9.14. The summed E-state index contributed by atoms with van der Waals surface area (Å²) in [5, 5.41) is 9.42. The molecule has 1 rings (SSSR count). The lowest BCUT2D eigenvalue weighted by molar-refractivity contribution is 0.473. The Labute approximate surface area is 77.3 Å². The van der Waals surface area contributed by atoms with Crippen LogP contribution in [0, 0.1) is 6.92 Å². The summed E-state index contributed by atoms with van der Waals surface area (Å²) in [7, 11) is 0. The van der Waals surface area contributed by atoms with Crippen LogP contribution in [-0.2, 0) is 0 Å². The van der Waals surface area contributed by atoms with Crippen LogP contribution >= 0.6 is 11.6 Å². The van der Waals surface area contributed by atoms with Gasteiger partial charge in [0.25, 0.3) is 0 Å². The van der Waals surface area contributed by atoms with E-state index in [-0.39, 0.29) is 0 Å². The van der Waals surface area contributed by atoms with Crippen molar-refractivity contribution in [2.45, 2.75) is 6.92 Å². The molecule has 0 aliphatic carbocycles. The maximum atomic E-state index is 9.42. The Bertz CT molecular complexity index is 292. The molecule has 2 heteroatoms. The molecule has 0 radical (unpaired) electrons. The molecule has 1 aromatic rings. The highest BCUT2D eigenvalue weighted by atomic mass is 35.5. The third-order valence-electron chi connectivity index (χ3n) is 1.57. The minimum absolute atomic E-state index is 0.302. The van der Waals surface area contributed by atoms with E-state index in [1.165, 1.54) is 0 Å². The van der Waals surface area contributed by atoms with Crippen LogP contribution in [0.5, 0.6) is 5.75 Å². The number of aromatic hydroxyl groups is 1. The largest absolute Gasteiger partial charge is 0.507 e. The molecular weight excluding hydrogens is 172 g/mol. The fourth-order valence-electron chi connectivity index (χ4n) is 0.966. The number of allylic oxidation sites excluding steroid dienone is 1. The SMILES string of the molecule is Cc1ccc(C=CCCl)c(O)c1. The lowest BCUT2D eigenvalue weighted by Crippen LogP contribution is -1.76. The average molecular weight is 183 g/mol. The van der Waals surface area contributed by atoms with Crippen LogP contribution in [0.15, 0.2) is 24.3 Å². The molecule has 1 N–H and O–H groups in total. The molecule has 0 bridgehead atoms. The van der Waals surface area contributed by atoms with E-state index < -0.39 is 0 Å². The van der Waals surface area contributed by atoms with Crippen LogP contribution in [-0.4, -0.2) is 11.0 Å². The van der Waals surface area contributed by atoms with Crippen molar-refractivity contribution in [3.63, 3.8) is 0 Å². The molecule has 0 saturated carbocycles. The summed E-state index contributed by atoms with van der Waals surface area (Å²) in [6, 6.07) is 5.55. The van der Waals surface area contributed by atoms with E-state index in [1.807, 2.05) is 25.1 Å². The smallest absolute Gasteiger partial charge is 0.123 e. The summed E-state index contributed by atoms with van der Waals surface area (Å²) in [5.74, 6) is 0.768. The van der Waals surface area contributed by atoms with Crippen LogP contribution in [0.4, 0.5) is 0 Å². The van der Waals surface area contributed by atoms with Crippen molar-refractivity contribution >= 4 is 17.7 Å². The molecule has 0 aromatic heterocycles. The number of hydrogen-bond acceptors (Lipinski definition) is 1. The zero-order chi connectivity index (χ0) is 8.97. The third kappa shape index (κ3) is 2.28. The van der Waals surface area contributed by atoms with Crippen molar-refractivity contribution in [3.8, 4) is 5.75 Å². The summed E-state index contributed by atoms with van der Waals surface area (Å²) < 4.78 is 0. The van der Waals surface area contributed by atoms with Crippen molar-refractivity contribution in [1.82, 2.24) is 0 Å². The standard InChI is InChI=1S/C10H11ClO/c1-8-4-5-9(3-2-6-11)10(12)7-8/h2-5,7,12H,6H2,1H3. The Kier molecular flexibility index (Phi) is 3.18. The average Bonchev–Trinajstić information content (AvgIpc) is 2.03. The molecule has 1 aromatic carbocycles. The zero-order valence-corrected chi connectivity index (χ0v) is 7.67. The molecule has 0 heterocycles. The van der Waals surface area contributed by atoms with Gasteiger partial charge in [-0.1, -0.05) is 24.3 Å². The van der Waals surface area contributed by atoms with Gasteiger partial charge in [-0.05, 0) is 18.6 Å². The number of rotatable bonds is 2. The van der Waals surface area contributed by atoms with E-state index in [9.17, 15) is 5.11 Å². The van der Waals surface area contributed by atoms with Crippen LogP contribution < -0.4 is 0 Å². The Morgan fingerprint density at radius 2 is 2.25 bits per heavy atom. The predicted molar refractivity (Wildman–Crippen MR) is 52.6 cm³/mol. The van der Waals surface area contributed by atoms with Crippen LogP contribution in [0.1, 0.15) is 11.1 Å². The fourth-order valence-corrected chi connectivity index (χ4v) is 1.06. The number of phenolic OH excluding ortho intramolecular Hbond substituents is 1. The van der Waals surface area contributed by atoms with Crippen molar-refractivity contribution in [3.05, 3.63) is 35.4 Å². The van der Waals surface area contributed by atoms with Gasteiger partial charge >= 0.3 is 0 Å². The molecule has 0 amide bonds. The predicted octanol–water partition coefficient (Wildman–Crippen LogP) is 2.95.